The second-order valence-electron chi connectivity index (χ2n) is 5.41. The van der Waals surface area contributed by atoms with Gasteiger partial charge in [0.25, 0.3) is 0 Å². The molecule has 0 saturated carbocycles. The third-order valence-corrected chi connectivity index (χ3v) is 3.09. The molecule has 1 atom stereocenters. The van der Waals surface area contributed by atoms with E-state index in [0.29, 0.717) is 6.04 Å². The Balaban J connectivity index is 2.05. The summed E-state index contributed by atoms with van der Waals surface area (Å²) in [4.78, 5) is 13.4. The maximum Gasteiger partial charge on any atom is 0.317 e. The lowest BCUT2D eigenvalue weighted by Gasteiger charge is -2.27. The number of nitrogens with zero attached hydrogens (tertiary/aromatic N) is 1. The van der Waals surface area contributed by atoms with Crippen LogP contribution < -0.4 is 10.6 Å². The van der Waals surface area contributed by atoms with Crippen LogP contribution in [0.15, 0.2) is 0 Å². The van der Waals surface area contributed by atoms with Crippen molar-refractivity contribution in [1.82, 2.24) is 15.5 Å². The van der Waals surface area contributed by atoms with Crippen molar-refractivity contribution in [2.75, 3.05) is 26.2 Å². The molecule has 2 N–H and O–H groups in total. The second-order valence-corrected chi connectivity index (χ2v) is 5.41. The number of amides is 2. The molecule has 100 valence electrons. The van der Waals surface area contributed by atoms with Gasteiger partial charge in [0.05, 0.1) is 0 Å². The van der Waals surface area contributed by atoms with E-state index in [0.717, 1.165) is 44.9 Å². The monoisotopic (exact) mass is 241 g/mol. The summed E-state index contributed by atoms with van der Waals surface area (Å²) in [5, 5.41) is 6.38. The molecule has 1 rings (SSSR count). The Kier molecular flexibility index (Phi) is 6.34. The molecular weight excluding hydrogens is 214 g/mol. The molecule has 1 unspecified atom stereocenters. The van der Waals surface area contributed by atoms with Gasteiger partial charge in [-0.25, -0.2) is 4.79 Å². The van der Waals surface area contributed by atoms with Crippen molar-refractivity contribution in [3.05, 3.63) is 0 Å². The van der Waals surface area contributed by atoms with Crippen LogP contribution >= 0.6 is 0 Å². The van der Waals surface area contributed by atoms with Gasteiger partial charge in [0.1, 0.15) is 0 Å². The fourth-order valence-corrected chi connectivity index (χ4v) is 2.30. The lowest BCUT2D eigenvalue weighted by atomic mass is 10.1. The predicted molar refractivity (Wildman–Crippen MR) is 71.1 cm³/mol. The van der Waals surface area contributed by atoms with Crippen LogP contribution in [0.4, 0.5) is 4.79 Å². The molecule has 17 heavy (non-hydrogen) atoms. The number of carbonyl (C=O) groups is 1. The molecule has 1 aliphatic rings. The molecule has 0 aromatic heterocycles. The van der Waals surface area contributed by atoms with Crippen molar-refractivity contribution >= 4 is 6.03 Å². The molecule has 0 aromatic rings. The molecule has 1 saturated heterocycles. The van der Waals surface area contributed by atoms with Gasteiger partial charge >= 0.3 is 6.03 Å². The maximum atomic E-state index is 11.5. The van der Waals surface area contributed by atoms with Crippen LogP contribution in [-0.4, -0.2) is 43.2 Å². The first-order chi connectivity index (χ1) is 8.09. The molecule has 1 heterocycles. The third-order valence-electron chi connectivity index (χ3n) is 3.09. The average molecular weight is 241 g/mol. The van der Waals surface area contributed by atoms with E-state index >= 15 is 0 Å². The number of hydrogen-bond donors (Lipinski definition) is 2. The van der Waals surface area contributed by atoms with Gasteiger partial charge in [-0.1, -0.05) is 13.8 Å². The lowest BCUT2D eigenvalue weighted by molar-refractivity contribution is 0.185. The molecule has 0 aliphatic carbocycles. The highest BCUT2D eigenvalue weighted by atomic mass is 16.2. The van der Waals surface area contributed by atoms with Crippen molar-refractivity contribution < 1.29 is 4.79 Å². The smallest absolute Gasteiger partial charge is 0.317 e. The van der Waals surface area contributed by atoms with E-state index in [1.165, 1.54) is 6.42 Å². The summed E-state index contributed by atoms with van der Waals surface area (Å²) in [6.07, 6.45) is 3.32. The van der Waals surface area contributed by atoms with Crippen LogP contribution in [0.25, 0.3) is 0 Å². The Morgan fingerprint density at radius 3 is 2.82 bits per heavy atom. The van der Waals surface area contributed by atoms with Crippen molar-refractivity contribution in [3.8, 4) is 0 Å². The zero-order valence-corrected chi connectivity index (χ0v) is 11.5. The van der Waals surface area contributed by atoms with Gasteiger partial charge in [0.2, 0.25) is 0 Å². The van der Waals surface area contributed by atoms with Crippen LogP contribution in [0.1, 0.15) is 40.0 Å². The fourth-order valence-electron chi connectivity index (χ4n) is 2.30. The number of urea groups is 1. The second kappa shape index (κ2) is 7.54. The molecule has 4 nitrogen and oxygen atoms in total. The quantitative estimate of drug-likeness (QED) is 0.668. The first-order valence-corrected chi connectivity index (χ1v) is 6.85. The standard InChI is InChI=1S/C13H27N3O/c1-11(2)10-12(3)14-6-4-8-16-9-5-7-15-13(16)17/h11-12,14H,4-10H2,1-3H3,(H,15,17). The largest absolute Gasteiger partial charge is 0.338 e. The first kappa shape index (κ1) is 14.3. The van der Waals surface area contributed by atoms with Crippen LogP contribution in [0.5, 0.6) is 0 Å². The predicted octanol–water partition coefficient (Wildman–Crippen LogP) is 1.82. The highest BCUT2D eigenvalue weighted by molar-refractivity contribution is 5.74. The van der Waals surface area contributed by atoms with Gasteiger partial charge < -0.3 is 15.5 Å². The van der Waals surface area contributed by atoms with Crippen LogP contribution in [0.2, 0.25) is 0 Å². The zero-order valence-electron chi connectivity index (χ0n) is 11.5. The molecule has 0 radical (unpaired) electrons. The molecular formula is C13H27N3O. The highest BCUT2D eigenvalue weighted by Crippen LogP contribution is 2.04. The Morgan fingerprint density at radius 2 is 2.18 bits per heavy atom. The maximum absolute atomic E-state index is 11.5. The van der Waals surface area contributed by atoms with Gasteiger partial charge in [-0.15, -0.1) is 0 Å². The van der Waals surface area contributed by atoms with E-state index in [-0.39, 0.29) is 6.03 Å². The van der Waals surface area contributed by atoms with E-state index in [2.05, 4.69) is 31.4 Å². The van der Waals surface area contributed by atoms with Crippen molar-refractivity contribution in [2.45, 2.75) is 46.1 Å². The lowest BCUT2D eigenvalue weighted by Crippen LogP contribution is -2.47. The van der Waals surface area contributed by atoms with Gasteiger partial charge in [-0.3, -0.25) is 0 Å². The minimum absolute atomic E-state index is 0.103. The van der Waals surface area contributed by atoms with Crippen molar-refractivity contribution in [1.29, 1.82) is 0 Å². The van der Waals surface area contributed by atoms with Gasteiger partial charge in [0.15, 0.2) is 0 Å². The first-order valence-electron chi connectivity index (χ1n) is 6.85. The Hall–Kier alpha value is -0.770. The van der Waals surface area contributed by atoms with Gasteiger partial charge in [-0.05, 0) is 38.6 Å². The van der Waals surface area contributed by atoms with Gasteiger partial charge in [0, 0.05) is 25.7 Å². The Morgan fingerprint density at radius 1 is 1.41 bits per heavy atom. The molecule has 1 aliphatic heterocycles. The number of hydrogen-bond acceptors (Lipinski definition) is 2. The fraction of sp³-hybridized carbons (Fsp3) is 0.923. The van der Waals surface area contributed by atoms with Crippen molar-refractivity contribution in [3.63, 3.8) is 0 Å². The Bertz CT molecular complexity index is 231. The summed E-state index contributed by atoms with van der Waals surface area (Å²) in [7, 11) is 0. The third kappa shape index (κ3) is 5.91. The molecule has 2 amide bonds. The van der Waals surface area contributed by atoms with E-state index < -0.39 is 0 Å². The van der Waals surface area contributed by atoms with E-state index in [1.807, 2.05) is 4.90 Å². The summed E-state index contributed by atoms with van der Waals surface area (Å²) in [6, 6.07) is 0.677. The normalized spacial score (nSPS) is 18.4. The summed E-state index contributed by atoms with van der Waals surface area (Å²) in [5.74, 6) is 0.741. The minimum atomic E-state index is 0.103. The zero-order chi connectivity index (χ0) is 12.7. The summed E-state index contributed by atoms with van der Waals surface area (Å²) in [6.45, 7) is 10.3. The van der Waals surface area contributed by atoms with E-state index in [9.17, 15) is 4.79 Å². The highest BCUT2D eigenvalue weighted by Gasteiger charge is 2.16. The number of nitrogens with one attached hydrogen (secondary N) is 2. The molecule has 0 bridgehead atoms. The summed E-state index contributed by atoms with van der Waals surface area (Å²) in [5.41, 5.74) is 0. The molecule has 0 spiro atoms. The van der Waals surface area contributed by atoms with Crippen LogP contribution in [-0.2, 0) is 0 Å². The SMILES string of the molecule is CC(C)CC(C)NCCCN1CCCNC1=O. The summed E-state index contributed by atoms with van der Waals surface area (Å²) < 4.78 is 0. The minimum Gasteiger partial charge on any atom is -0.338 e. The van der Waals surface area contributed by atoms with Crippen LogP contribution in [0, 0.1) is 5.92 Å². The van der Waals surface area contributed by atoms with Gasteiger partial charge in [-0.2, -0.15) is 0 Å². The topological polar surface area (TPSA) is 44.4 Å². The molecule has 1 fully saturated rings. The summed E-state index contributed by atoms with van der Waals surface area (Å²) >= 11 is 0. The van der Waals surface area contributed by atoms with Crippen LogP contribution in [0.3, 0.4) is 0 Å². The van der Waals surface area contributed by atoms with E-state index in [1.54, 1.807) is 0 Å². The van der Waals surface area contributed by atoms with E-state index in [4.69, 9.17) is 0 Å². The Labute approximate surface area is 105 Å². The average Bonchev–Trinajstić information content (AvgIpc) is 2.25. The molecule has 0 aromatic carbocycles. The number of carbonyl (C=O) groups excluding carboxylic acids is 1. The van der Waals surface area contributed by atoms with Crippen molar-refractivity contribution in [2.24, 2.45) is 5.92 Å². The molecule has 4 heteroatoms. The number of rotatable bonds is 7.